The Balaban J connectivity index is 2.61. The van der Waals surface area contributed by atoms with Crippen molar-refractivity contribution in [3.63, 3.8) is 0 Å². The molecule has 0 aliphatic rings. The minimum Gasteiger partial charge on any atom is -0.462 e. The molecule has 0 aliphatic carbocycles. The molecule has 5 nitrogen and oxygen atoms in total. The van der Waals surface area contributed by atoms with Gasteiger partial charge in [-0.25, -0.2) is 4.79 Å². The van der Waals surface area contributed by atoms with Gasteiger partial charge in [0.2, 0.25) is 5.91 Å². The van der Waals surface area contributed by atoms with Gasteiger partial charge in [-0.1, -0.05) is 6.92 Å². The molecule has 0 saturated heterocycles. The fourth-order valence-electron chi connectivity index (χ4n) is 1.96. The highest BCUT2D eigenvalue weighted by Crippen LogP contribution is 2.28. The fourth-order valence-corrected chi connectivity index (χ4v) is 2.88. The summed E-state index contributed by atoms with van der Waals surface area (Å²) >= 11 is 1.39. The highest BCUT2D eigenvalue weighted by atomic mass is 32.1. The molecule has 0 aliphatic heterocycles. The third-order valence-electron chi connectivity index (χ3n) is 3.13. The zero-order valence-corrected chi connectivity index (χ0v) is 13.7. The first-order chi connectivity index (χ1) is 9.97. The van der Waals surface area contributed by atoms with Crippen LogP contribution < -0.4 is 11.1 Å². The Labute approximate surface area is 129 Å². The number of esters is 1. The van der Waals surface area contributed by atoms with Crippen molar-refractivity contribution in [3.05, 3.63) is 16.5 Å². The number of nitrogens with two attached hydrogens (primary N) is 1. The second-order valence-electron chi connectivity index (χ2n) is 5.09. The molecule has 0 spiro atoms. The molecular weight excluding hydrogens is 288 g/mol. The van der Waals surface area contributed by atoms with Gasteiger partial charge >= 0.3 is 5.97 Å². The molecule has 21 heavy (non-hydrogen) atoms. The summed E-state index contributed by atoms with van der Waals surface area (Å²) in [6.45, 7) is 6.69. The highest BCUT2D eigenvalue weighted by Gasteiger charge is 2.18. The van der Waals surface area contributed by atoms with Crippen molar-refractivity contribution in [3.8, 4) is 0 Å². The van der Waals surface area contributed by atoms with Gasteiger partial charge in [0.25, 0.3) is 0 Å². The van der Waals surface area contributed by atoms with E-state index in [0.29, 0.717) is 36.1 Å². The van der Waals surface area contributed by atoms with Crippen molar-refractivity contribution in [2.45, 2.75) is 40.0 Å². The van der Waals surface area contributed by atoms with E-state index in [4.69, 9.17) is 10.5 Å². The van der Waals surface area contributed by atoms with Crippen LogP contribution in [0.25, 0.3) is 0 Å². The van der Waals surface area contributed by atoms with Crippen LogP contribution in [0.5, 0.6) is 0 Å². The van der Waals surface area contributed by atoms with Gasteiger partial charge in [0.15, 0.2) is 0 Å². The first-order valence-electron chi connectivity index (χ1n) is 7.25. The summed E-state index contributed by atoms with van der Waals surface area (Å²) in [5.74, 6) is -0.0460. The van der Waals surface area contributed by atoms with Crippen LogP contribution in [0.2, 0.25) is 0 Å². The Morgan fingerprint density at radius 3 is 2.76 bits per heavy atom. The second kappa shape index (κ2) is 8.79. The summed E-state index contributed by atoms with van der Waals surface area (Å²) in [5, 5.41) is 3.39. The lowest BCUT2D eigenvalue weighted by Gasteiger charge is -2.10. The summed E-state index contributed by atoms with van der Waals surface area (Å²) in [5.41, 5.74) is 5.93. The van der Waals surface area contributed by atoms with Crippen molar-refractivity contribution in [1.29, 1.82) is 0 Å². The summed E-state index contributed by atoms with van der Waals surface area (Å²) in [6, 6.07) is 1.75. The number of amides is 1. The van der Waals surface area contributed by atoms with E-state index in [9.17, 15) is 9.59 Å². The number of nitrogens with one attached hydrogen (secondary N) is 1. The van der Waals surface area contributed by atoms with Crippen molar-refractivity contribution < 1.29 is 14.3 Å². The average Bonchev–Trinajstić information content (AvgIpc) is 2.78. The minimum absolute atomic E-state index is 0.0775. The molecular formula is C15H24N2O3S. The van der Waals surface area contributed by atoms with E-state index in [0.717, 1.165) is 17.7 Å². The van der Waals surface area contributed by atoms with E-state index in [1.807, 2.05) is 6.92 Å². The van der Waals surface area contributed by atoms with E-state index < -0.39 is 5.97 Å². The summed E-state index contributed by atoms with van der Waals surface area (Å²) in [4.78, 5) is 24.8. The lowest BCUT2D eigenvalue weighted by Crippen LogP contribution is -2.15. The second-order valence-corrected chi connectivity index (χ2v) is 6.35. The number of rotatable bonds is 8. The zero-order valence-electron chi connectivity index (χ0n) is 12.9. The minimum atomic E-state index is -0.395. The molecule has 3 N–H and O–H groups in total. The number of anilines is 1. The molecule has 1 rings (SSSR count). The predicted octanol–water partition coefficient (Wildman–Crippen LogP) is 2.94. The molecule has 1 amide bonds. The Morgan fingerprint density at radius 1 is 1.43 bits per heavy atom. The SMILES string of the molecule is CCOC(=O)c1cc(C)sc1NC(=O)CCC(C)CCN. The normalized spacial score (nSPS) is 12.0. The topological polar surface area (TPSA) is 81.4 Å². The quantitative estimate of drug-likeness (QED) is 0.723. The van der Waals surface area contributed by atoms with E-state index >= 15 is 0 Å². The third kappa shape index (κ3) is 5.85. The number of ether oxygens (including phenoxy) is 1. The average molecular weight is 312 g/mol. The van der Waals surface area contributed by atoms with Crippen LogP contribution in [-0.4, -0.2) is 25.0 Å². The van der Waals surface area contributed by atoms with Crippen LogP contribution in [-0.2, 0) is 9.53 Å². The van der Waals surface area contributed by atoms with Crippen LogP contribution in [0, 0.1) is 12.8 Å². The van der Waals surface area contributed by atoms with Gasteiger partial charge in [-0.2, -0.15) is 0 Å². The Bertz CT molecular complexity index is 485. The Kier molecular flexibility index (Phi) is 7.39. The largest absolute Gasteiger partial charge is 0.462 e. The molecule has 0 aromatic carbocycles. The van der Waals surface area contributed by atoms with Gasteiger partial charge in [-0.3, -0.25) is 4.79 Å². The van der Waals surface area contributed by atoms with Crippen molar-refractivity contribution >= 4 is 28.2 Å². The Morgan fingerprint density at radius 2 is 2.14 bits per heavy atom. The zero-order chi connectivity index (χ0) is 15.8. The molecule has 0 radical (unpaired) electrons. The third-order valence-corrected chi connectivity index (χ3v) is 4.09. The molecule has 1 aromatic heterocycles. The van der Waals surface area contributed by atoms with E-state index in [2.05, 4.69) is 12.2 Å². The summed E-state index contributed by atoms with van der Waals surface area (Å²) in [6.07, 6.45) is 2.14. The van der Waals surface area contributed by atoms with Crippen LogP contribution in [0.3, 0.4) is 0 Å². The van der Waals surface area contributed by atoms with Crippen LogP contribution >= 0.6 is 11.3 Å². The van der Waals surface area contributed by atoms with Crippen LogP contribution in [0.1, 0.15) is 48.3 Å². The van der Waals surface area contributed by atoms with Gasteiger partial charge in [0.05, 0.1) is 12.2 Å². The molecule has 6 heteroatoms. The number of hydrogen-bond acceptors (Lipinski definition) is 5. The lowest BCUT2D eigenvalue weighted by molar-refractivity contribution is -0.116. The summed E-state index contributed by atoms with van der Waals surface area (Å²) < 4.78 is 5.00. The molecule has 118 valence electrons. The monoisotopic (exact) mass is 312 g/mol. The van der Waals surface area contributed by atoms with Crippen molar-refractivity contribution in [2.24, 2.45) is 11.7 Å². The number of carbonyl (C=O) groups excluding carboxylic acids is 2. The van der Waals surface area contributed by atoms with Crippen LogP contribution in [0.15, 0.2) is 6.07 Å². The van der Waals surface area contributed by atoms with Gasteiger partial charge < -0.3 is 15.8 Å². The van der Waals surface area contributed by atoms with Crippen molar-refractivity contribution in [1.82, 2.24) is 0 Å². The summed E-state index contributed by atoms with van der Waals surface area (Å²) in [7, 11) is 0. The Hall–Kier alpha value is -1.40. The lowest BCUT2D eigenvalue weighted by atomic mass is 10.0. The van der Waals surface area contributed by atoms with Gasteiger partial charge in [-0.15, -0.1) is 11.3 Å². The first kappa shape index (κ1) is 17.7. The van der Waals surface area contributed by atoms with Gasteiger partial charge in [-0.05, 0) is 45.2 Å². The van der Waals surface area contributed by atoms with E-state index in [1.165, 1.54) is 11.3 Å². The predicted molar refractivity (Wildman–Crippen MR) is 85.7 cm³/mol. The molecule has 1 unspecified atom stereocenters. The first-order valence-corrected chi connectivity index (χ1v) is 8.07. The van der Waals surface area contributed by atoms with E-state index in [-0.39, 0.29) is 5.91 Å². The highest BCUT2D eigenvalue weighted by molar-refractivity contribution is 7.16. The van der Waals surface area contributed by atoms with Crippen LogP contribution in [0.4, 0.5) is 5.00 Å². The standard InChI is InChI=1S/C15H24N2O3S/c1-4-20-15(19)12-9-11(3)21-14(12)17-13(18)6-5-10(2)7-8-16/h9-10H,4-8,16H2,1-3H3,(H,17,18). The fraction of sp³-hybridized carbons (Fsp3) is 0.600. The molecule has 0 bridgehead atoms. The maximum absolute atomic E-state index is 12.0. The van der Waals surface area contributed by atoms with Gasteiger partial charge in [0.1, 0.15) is 5.00 Å². The smallest absolute Gasteiger partial charge is 0.341 e. The molecule has 1 aromatic rings. The number of thiophene rings is 1. The van der Waals surface area contributed by atoms with Crippen molar-refractivity contribution in [2.75, 3.05) is 18.5 Å². The number of aryl methyl sites for hydroxylation is 1. The molecule has 1 heterocycles. The maximum atomic E-state index is 12.0. The van der Waals surface area contributed by atoms with E-state index in [1.54, 1.807) is 13.0 Å². The molecule has 1 atom stereocenters. The maximum Gasteiger partial charge on any atom is 0.341 e. The number of carbonyl (C=O) groups is 2. The molecule has 0 saturated carbocycles. The number of hydrogen-bond donors (Lipinski definition) is 2. The van der Waals surface area contributed by atoms with Gasteiger partial charge in [0, 0.05) is 11.3 Å². The molecule has 0 fully saturated rings.